The Balaban J connectivity index is 1.45. The predicted octanol–water partition coefficient (Wildman–Crippen LogP) is 3.70. The van der Waals surface area contributed by atoms with Crippen molar-refractivity contribution < 1.29 is 14.4 Å². The van der Waals surface area contributed by atoms with E-state index in [9.17, 15) is 14.4 Å². The highest BCUT2D eigenvalue weighted by atomic mass is 16.2. The molecular formula is C26H31N3O3. The van der Waals surface area contributed by atoms with Gasteiger partial charge in [-0.2, -0.15) is 0 Å². The summed E-state index contributed by atoms with van der Waals surface area (Å²) in [6.45, 7) is 9.55. The van der Waals surface area contributed by atoms with Gasteiger partial charge in [-0.25, -0.2) is 4.79 Å². The molecule has 2 aliphatic heterocycles. The van der Waals surface area contributed by atoms with Crippen LogP contribution in [-0.4, -0.2) is 35.8 Å². The molecule has 168 valence electrons. The van der Waals surface area contributed by atoms with E-state index >= 15 is 0 Å². The molecule has 2 N–H and O–H groups in total. The van der Waals surface area contributed by atoms with Gasteiger partial charge in [0.25, 0.3) is 11.8 Å². The molecule has 2 aromatic carbocycles. The maximum absolute atomic E-state index is 13.1. The monoisotopic (exact) mass is 433 g/mol. The van der Waals surface area contributed by atoms with Crippen molar-refractivity contribution in [3.8, 4) is 0 Å². The lowest BCUT2D eigenvalue weighted by Crippen LogP contribution is -2.48. The maximum Gasteiger partial charge on any atom is 0.322 e. The summed E-state index contributed by atoms with van der Waals surface area (Å²) in [5.41, 5.74) is 4.11. The van der Waals surface area contributed by atoms with Gasteiger partial charge in [-0.1, -0.05) is 49.7 Å². The van der Waals surface area contributed by atoms with Crippen LogP contribution in [-0.2, 0) is 16.8 Å². The molecule has 6 heteroatoms. The average molecular weight is 434 g/mol. The summed E-state index contributed by atoms with van der Waals surface area (Å²) in [5.74, 6) is -0.0233. The summed E-state index contributed by atoms with van der Waals surface area (Å²) in [5, 5.41) is 5.12. The number of nitrogens with one attached hydrogen (secondary N) is 2. The smallest absolute Gasteiger partial charge is 0.322 e. The van der Waals surface area contributed by atoms with Crippen molar-refractivity contribution in [1.29, 1.82) is 0 Å². The van der Waals surface area contributed by atoms with Crippen LogP contribution in [0.4, 0.5) is 4.79 Å². The van der Waals surface area contributed by atoms with Crippen LogP contribution in [0.25, 0.3) is 0 Å². The number of amides is 4. The fourth-order valence-corrected chi connectivity index (χ4v) is 5.04. The molecule has 2 aromatic rings. The Bertz CT molecular complexity index is 1060. The summed E-state index contributed by atoms with van der Waals surface area (Å²) >= 11 is 0. The number of aryl methyl sites for hydroxylation is 2. The molecule has 2 fully saturated rings. The number of hydrogen-bond donors (Lipinski definition) is 2. The molecule has 2 saturated heterocycles. The van der Waals surface area contributed by atoms with Gasteiger partial charge in [0.15, 0.2) is 0 Å². The molecule has 0 aliphatic carbocycles. The van der Waals surface area contributed by atoms with Crippen LogP contribution in [0.15, 0.2) is 42.5 Å². The van der Waals surface area contributed by atoms with E-state index < -0.39 is 11.6 Å². The summed E-state index contributed by atoms with van der Waals surface area (Å²) in [4.78, 5) is 39.3. The predicted molar refractivity (Wildman–Crippen MR) is 123 cm³/mol. The molecule has 2 aliphatic rings. The van der Waals surface area contributed by atoms with E-state index in [0.29, 0.717) is 17.0 Å². The molecular weight excluding hydrogens is 402 g/mol. The van der Waals surface area contributed by atoms with Crippen LogP contribution in [0, 0.1) is 25.7 Å². The first kappa shape index (κ1) is 22.1. The molecule has 6 nitrogen and oxygen atoms in total. The summed E-state index contributed by atoms with van der Waals surface area (Å²) in [6.07, 6.45) is 1.99. The standard InChI is InChI=1S/C26H31N3O3/c1-16(2)26(24(31)27-25(32)28-26)22-9-7-20(8-10-22)23(30)29-12-11-19(15-29)14-21-6-5-17(3)13-18(21)4/h5-10,13,16,19H,11-12,14-15H2,1-4H3,(H2,27,28,31,32)/t19?,26-/m1/s1. The van der Waals surface area contributed by atoms with Gasteiger partial charge in [0, 0.05) is 18.7 Å². The van der Waals surface area contributed by atoms with Crippen molar-refractivity contribution >= 4 is 17.8 Å². The topological polar surface area (TPSA) is 78.5 Å². The van der Waals surface area contributed by atoms with Gasteiger partial charge in [-0.15, -0.1) is 0 Å². The van der Waals surface area contributed by atoms with Crippen LogP contribution in [0.2, 0.25) is 0 Å². The third-order valence-corrected chi connectivity index (χ3v) is 6.93. The zero-order valence-electron chi connectivity index (χ0n) is 19.2. The van der Waals surface area contributed by atoms with Gasteiger partial charge in [0.1, 0.15) is 5.54 Å². The Labute approximate surface area is 189 Å². The highest BCUT2D eigenvalue weighted by Crippen LogP contribution is 2.33. The second kappa shape index (κ2) is 8.41. The molecule has 4 amide bonds. The quantitative estimate of drug-likeness (QED) is 0.706. The molecule has 0 radical (unpaired) electrons. The van der Waals surface area contributed by atoms with Crippen molar-refractivity contribution in [2.24, 2.45) is 11.8 Å². The molecule has 0 aromatic heterocycles. The minimum Gasteiger partial charge on any atom is -0.338 e. The first-order valence-electron chi connectivity index (χ1n) is 11.3. The van der Waals surface area contributed by atoms with Crippen molar-refractivity contribution in [3.63, 3.8) is 0 Å². The van der Waals surface area contributed by atoms with Crippen molar-refractivity contribution in [3.05, 3.63) is 70.3 Å². The lowest BCUT2D eigenvalue weighted by atomic mass is 9.79. The number of urea groups is 1. The van der Waals surface area contributed by atoms with Gasteiger partial charge in [0.2, 0.25) is 0 Å². The second-order valence-corrected chi connectivity index (χ2v) is 9.49. The van der Waals surface area contributed by atoms with Crippen LogP contribution in [0.3, 0.4) is 0 Å². The molecule has 2 heterocycles. The number of imide groups is 1. The van der Waals surface area contributed by atoms with E-state index in [0.717, 1.165) is 25.9 Å². The molecule has 0 spiro atoms. The van der Waals surface area contributed by atoms with Crippen molar-refractivity contribution in [1.82, 2.24) is 15.5 Å². The van der Waals surface area contributed by atoms with E-state index in [2.05, 4.69) is 42.7 Å². The zero-order valence-corrected chi connectivity index (χ0v) is 19.2. The Hall–Kier alpha value is -3.15. The van der Waals surface area contributed by atoms with Gasteiger partial charge in [-0.05, 0) is 67.3 Å². The maximum atomic E-state index is 13.1. The van der Waals surface area contributed by atoms with Crippen LogP contribution >= 0.6 is 0 Å². The number of likely N-dealkylation sites (tertiary alicyclic amines) is 1. The highest BCUT2D eigenvalue weighted by Gasteiger charge is 2.50. The number of nitrogens with zero attached hydrogens (tertiary/aromatic N) is 1. The first-order valence-corrected chi connectivity index (χ1v) is 11.3. The summed E-state index contributed by atoms with van der Waals surface area (Å²) in [7, 11) is 0. The van der Waals surface area contributed by atoms with E-state index in [1.165, 1.54) is 16.7 Å². The Kier molecular flexibility index (Phi) is 5.80. The fourth-order valence-electron chi connectivity index (χ4n) is 5.04. The Morgan fingerprint density at radius 3 is 2.44 bits per heavy atom. The van der Waals surface area contributed by atoms with E-state index in [1.807, 2.05) is 18.7 Å². The minimum absolute atomic E-state index is 0.0122. The van der Waals surface area contributed by atoms with Crippen molar-refractivity contribution in [2.75, 3.05) is 13.1 Å². The molecule has 2 atom stereocenters. The third kappa shape index (κ3) is 3.90. The molecule has 32 heavy (non-hydrogen) atoms. The van der Waals surface area contributed by atoms with Gasteiger partial charge >= 0.3 is 6.03 Å². The minimum atomic E-state index is -1.11. The number of hydrogen-bond acceptors (Lipinski definition) is 3. The number of benzene rings is 2. The SMILES string of the molecule is Cc1ccc(CC2CCN(C(=O)c3ccc([C@@]4(C(C)C)NC(=O)NC4=O)cc3)C2)c(C)c1. The highest BCUT2D eigenvalue weighted by molar-refractivity contribution is 6.07. The van der Waals surface area contributed by atoms with Crippen LogP contribution in [0.5, 0.6) is 0 Å². The first-order chi connectivity index (χ1) is 15.2. The largest absolute Gasteiger partial charge is 0.338 e. The molecule has 4 rings (SSSR count). The number of carbonyl (C=O) groups is 3. The van der Waals surface area contributed by atoms with E-state index in [4.69, 9.17) is 0 Å². The summed E-state index contributed by atoms with van der Waals surface area (Å²) < 4.78 is 0. The van der Waals surface area contributed by atoms with Gasteiger partial charge in [0.05, 0.1) is 0 Å². The van der Waals surface area contributed by atoms with Gasteiger partial charge in [-0.3, -0.25) is 14.9 Å². The third-order valence-electron chi connectivity index (χ3n) is 6.93. The summed E-state index contributed by atoms with van der Waals surface area (Å²) in [6, 6.07) is 13.2. The number of carbonyl (C=O) groups excluding carboxylic acids is 3. The molecule has 0 bridgehead atoms. The van der Waals surface area contributed by atoms with E-state index in [-0.39, 0.29) is 17.7 Å². The van der Waals surface area contributed by atoms with Crippen LogP contribution < -0.4 is 10.6 Å². The number of rotatable bonds is 5. The second-order valence-electron chi connectivity index (χ2n) is 9.49. The average Bonchev–Trinajstić information content (AvgIpc) is 3.34. The molecule has 1 unspecified atom stereocenters. The van der Waals surface area contributed by atoms with Crippen LogP contribution in [0.1, 0.15) is 52.9 Å². The Morgan fingerprint density at radius 1 is 1.12 bits per heavy atom. The lowest BCUT2D eigenvalue weighted by molar-refractivity contribution is -0.125. The normalized spacial score (nSPS) is 22.9. The van der Waals surface area contributed by atoms with E-state index in [1.54, 1.807) is 24.3 Å². The lowest BCUT2D eigenvalue weighted by Gasteiger charge is -2.30. The fraction of sp³-hybridized carbons (Fsp3) is 0.423. The zero-order chi connectivity index (χ0) is 23.0. The molecule has 0 saturated carbocycles. The van der Waals surface area contributed by atoms with Crippen molar-refractivity contribution in [2.45, 2.75) is 46.1 Å². The van der Waals surface area contributed by atoms with Gasteiger partial charge < -0.3 is 10.2 Å². The Morgan fingerprint density at radius 2 is 1.84 bits per heavy atom.